The molecule has 1 saturated heterocycles. The molecular formula is C15H25N5. The third kappa shape index (κ3) is 2.73. The van der Waals surface area contributed by atoms with Gasteiger partial charge in [0, 0.05) is 44.3 Å². The summed E-state index contributed by atoms with van der Waals surface area (Å²) in [5.74, 6) is 2.95. The van der Waals surface area contributed by atoms with Crippen molar-refractivity contribution in [2.75, 3.05) is 42.9 Å². The fourth-order valence-electron chi connectivity index (χ4n) is 3.00. The van der Waals surface area contributed by atoms with Gasteiger partial charge in [-0.1, -0.05) is 0 Å². The average molecular weight is 275 g/mol. The van der Waals surface area contributed by atoms with E-state index in [2.05, 4.69) is 38.9 Å². The maximum absolute atomic E-state index is 4.68. The number of hydrogen-bond acceptors (Lipinski definition) is 5. The van der Waals surface area contributed by atoms with Gasteiger partial charge in [0.05, 0.1) is 0 Å². The maximum atomic E-state index is 4.68. The van der Waals surface area contributed by atoms with E-state index in [0.717, 1.165) is 43.1 Å². The Morgan fingerprint density at radius 2 is 1.80 bits per heavy atom. The van der Waals surface area contributed by atoms with Crippen molar-refractivity contribution in [2.45, 2.75) is 39.7 Å². The van der Waals surface area contributed by atoms with Gasteiger partial charge in [-0.3, -0.25) is 4.90 Å². The third-order valence-electron chi connectivity index (χ3n) is 4.25. The van der Waals surface area contributed by atoms with Crippen LogP contribution in [0.25, 0.3) is 0 Å². The molecule has 0 aromatic carbocycles. The predicted octanol–water partition coefficient (Wildman–Crippen LogP) is 1.81. The lowest BCUT2D eigenvalue weighted by Crippen LogP contribution is -2.47. The quantitative estimate of drug-likeness (QED) is 0.908. The van der Waals surface area contributed by atoms with E-state index in [1.165, 1.54) is 31.5 Å². The van der Waals surface area contributed by atoms with Crippen LogP contribution in [-0.4, -0.2) is 53.6 Å². The van der Waals surface area contributed by atoms with E-state index >= 15 is 0 Å². The molecule has 20 heavy (non-hydrogen) atoms. The number of piperazine rings is 1. The monoisotopic (exact) mass is 275 g/mol. The first-order valence-electron chi connectivity index (χ1n) is 7.77. The lowest BCUT2D eigenvalue weighted by Gasteiger charge is -2.36. The lowest BCUT2D eigenvalue weighted by molar-refractivity contribution is 0.247. The molecule has 1 aromatic rings. The molecule has 2 aliphatic rings. The molecule has 1 aliphatic heterocycles. The average Bonchev–Trinajstić information content (AvgIpc) is 3.27. The molecule has 0 bridgehead atoms. The first kappa shape index (κ1) is 13.6. The first-order chi connectivity index (χ1) is 9.69. The van der Waals surface area contributed by atoms with Crippen LogP contribution in [0.2, 0.25) is 0 Å². The number of nitrogens with zero attached hydrogens (tertiary/aromatic N) is 4. The zero-order valence-corrected chi connectivity index (χ0v) is 12.8. The zero-order chi connectivity index (χ0) is 14.1. The number of hydrogen-bond donors (Lipinski definition) is 1. The second-order valence-electron chi connectivity index (χ2n) is 5.85. The first-order valence-corrected chi connectivity index (χ1v) is 7.77. The molecule has 3 rings (SSSR count). The van der Waals surface area contributed by atoms with Crippen LogP contribution in [0.5, 0.6) is 0 Å². The highest BCUT2D eigenvalue weighted by atomic mass is 15.3. The number of anilines is 2. The number of nitrogens with one attached hydrogen (secondary N) is 1. The summed E-state index contributed by atoms with van der Waals surface area (Å²) in [6.45, 7) is 11.6. The standard InChI is InChI=1S/C15H25N5/c1-4-16-14-11(2)15(18-12(3)17-14)20-9-7-19(8-10-20)13-5-6-13/h13H,4-10H2,1-3H3,(H,16,17,18). The Bertz CT molecular complexity index is 475. The lowest BCUT2D eigenvalue weighted by atomic mass is 10.2. The summed E-state index contributed by atoms with van der Waals surface area (Å²) in [6.07, 6.45) is 2.80. The van der Waals surface area contributed by atoms with E-state index in [4.69, 9.17) is 0 Å². The Balaban J connectivity index is 1.76. The van der Waals surface area contributed by atoms with Crippen molar-refractivity contribution in [1.82, 2.24) is 14.9 Å². The fourth-order valence-corrected chi connectivity index (χ4v) is 3.00. The highest BCUT2D eigenvalue weighted by Gasteiger charge is 2.31. The summed E-state index contributed by atoms with van der Waals surface area (Å²) in [5.41, 5.74) is 1.18. The summed E-state index contributed by atoms with van der Waals surface area (Å²) >= 11 is 0. The number of aromatic nitrogens is 2. The van der Waals surface area contributed by atoms with Gasteiger partial charge in [-0.05, 0) is 33.6 Å². The summed E-state index contributed by atoms with van der Waals surface area (Å²) in [5, 5.41) is 3.34. The van der Waals surface area contributed by atoms with Crippen molar-refractivity contribution in [2.24, 2.45) is 0 Å². The topological polar surface area (TPSA) is 44.3 Å². The third-order valence-corrected chi connectivity index (χ3v) is 4.25. The minimum Gasteiger partial charge on any atom is -0.370 e. The van der Waals surface area contributed by atoms with E-state index < -0.39 is 0 Å². The van der Waals surface area contributed by atoms with E-state index in [0.29, 0.717) is 0 Å². The van der Waals surface area contributed by atoms with Crippen LogP contribution in [-0.2, 0) is 0 Å². The van der Waals surface area contributed by atoms with Gasteiger partial charge >= 0.3 is 0 Å². The van der Waals surface area contributed by atoms with E-state index in [9.17, 15) is 0 Å². The van der Waals surface area contributed by atoms with Crippen molar-refractivity contribution in [1.29, 1.82) is 0 Å². The van der Waals surface area contributed by atoms with Gasteiger partial charge in [0.25, 0.3) is 0 Å². The Hall–Kier alpha value is -1.36. The molecule has 0 atom stereocenters. The molecule has 0 radical (unpaired) electrons. The summed E-state index contributed by atoms with van der Waals surface area (Å²) < 4.78 is 0. The molecule has 2 heterocycles. The van der Waals surface area contributed by atoms with E-state index in [1.54, 1.807) is 0 Å². The zero-order valence-electron chi connectivity index (χ0n) is 12.8. The van der Waals surface area contributed by atoms with Crippen LogP contribution in [0.4, 0.5) is 11.6 Å². The number of rotatable bonds is 4. The summed E-state index contributed by atoms with van der Waals surface area (Å²) in [6, 6.07) is 0.878. The summed E-state index contributed by atoms with van der Waals surface area (Å²) in [4.78, 5) is 14.2. The normalized spacial score (nSPS) is 20.2. The molecular weight excluding hydrogens is 250 g/mol. The van der Waals surface area contributed by atoms with Gasteiger partial charge in [0.15, 0.2) is 0 Å². The molecule has 1 saturated carbocycles. The Morgan fingerprint density at radius 1 is 1.10 bits per heavy atom. The van der Waals surface area contributed by atoms with Crippen molar-refractivity contribution < 1.29 is 0 Å². The molecule has 1 N–H and O–H groups in total. The van der Waals surface area contributed by atoms with Crippen molar-refractivity contribution in [3.05, 3.63) is 11.4 Å². The smallest absolute Gasteiger partial charge is 0.137 e. The van der Waals surface area contributed by atoms with Crippen LogP contribution in [0, 0.1) is 13.8 Å². The van der Waals surface area contributed by atoms with Gasteiger partial charge in [0.2, 0.25) is 0 Å². The molecule has 1 aliphatic carbocycles. The Kier molecular flexibility index (Phi) is 3.78. The van der Waals surface area contributed by atoms with Gasteiger partial charge in [-0.15, -0.1) is 0 Å². The Morgan fingerprint density at radius 3 is 2.40 bits per heavy atom. The minimum atomic E-state index is 0.853. The van der Waals surface area contributed by atoms with Crippen LogP contribution >= 0.6 is 0 Å². The fraction of sp³-hybridized carbons (Fsp3) is 0.733. The van der Waals surface area contributed by atoms with Gasteiger partial charge < -0.3 is 10.2 Å². The van der Waals surface area contributed by atoms with Crippen LogP contribution in [0.15, 0.2) is 0 Å². The molecule has 5 nitrogen and oxygen atoms in total. The van der Waals surface area contributed by atoms with E-state index in [-0.39, 0.29) is 0 Å². The van der Waals surface area contributed by atoms with Crippen molar-refractivity contribution >= 4 is 11.6 Å². The van der Waals surface area contributed by atoms with Crippen molar-refractivity contribution in [3.8, 4) is 0 Å². The van der Waals surface area contributed by atoms with Crippen LogP contribution in [0.3, 0.4) is 0 Å². The van der Waals surface area contributed by atoms with Gasteiger partial charge in [-0.2, -0.15) is 0 Å². The second-order valence-corrected chi connectivity index (χ2v) is 5.85. The highest BCUT2D eigenvalue weighted by Crippen LogP contribution is 2.29. The highest BCUT2D eigenvalue weighted by molar-refractivity contribution is 5.58. The van der Waals surface area contributed by atoms with Crippen LogP contribution < -0.4 is 10.2 Å². The molecule has 0 amide bonds. The predicted molar refractivity (Wildman–Crippen MR) is 82.5 cm³/mol. The molecule has 5 heteroatoms. The maximum Gasteiger partial charge on any atom is 0.137 e. The van der Waals surface area contributed by atoms with E-state index in [1.807, 2.05) is 6.92 Å². The number of aryl methyl sites for hydroxylation is 1. The largest absolute Gasteiger partial charge is 0.370 e. The molecule has 0 unspecified atom stereocenters. The molecule has 0 spiro atoms. The SMILES string of the molecule is CCNc1nc(C)nc(N2CCN(C3CC3)CC2)c1C. The molecule has 1 aromatic heterocycles. The van der Waals surface area contributed by atoms with Gasteiger partial charge in [-0.25, -0.2) is 9.97 Å². The van der Waals surface area contributed by atoms with Crippen LogP contribution in [0.1, 0.15) is 31.2 Å². The Labute approximate surface area is 121 Å². The van der Waals surface area contributed by atoms with Gasteiger partial charge in [0.1, 0.15) is 17.5 Å². The van der Waals surface area contributed by atoms with Crippen molar-refractivity contribution in [3.63, 3.8) is 0 Å². The molecule has 110 valence electrons. The minimum absolute atomic E-state index is 0.853. The molecule has 2 fully saturated rings. The second kappa shape index (κ2) is 5.56. The summed E-state index contributed by atoms with van der Waals surface area (Å²) in [7, 11) is 0.